The molecule has 2 spiro atoms. The Morgan fingerprint density at radius 2 is 1.94 bits per heavy atom. The van der Waals surface area contributed by atoms with Crippen LogP contribution in [0.3, 0.4) is 0 Å². The Balaban J connectivity index is 1.45. The van der Waals surface area contributed by atoms with E-state index < -0.39 is 11.2 Å². The fourth-order valence-corrected chi connectivity index (χ4v) is 8.28. The lowest BCUT2D eigenvalue weighted by atomic mass is 9.46. The van der Waals surface area contributed by atoms with Crippen molar-refractivity contribution >= 4 is 0 Å². The quantitative estimate of drug-likeness (QED) is 0.401. The number of allylic oxidation sites excluding steroid dienone is 2. The normalized spacial score (nSPS) is 48.7. The van der Waals surface area contributed by atoms with Crippen molar-refractivity contribution in [3.05, 3.63) is 36.0 Å². The van der Waals surface area contributed by atoms with Crippen molar-refractivity contribution in [2.75, 3.05) is 0 Å². The molecule has 6 rings (SSSR count). The molecule has 2 bridgehead atoms. The summed E-state index contributed by atoms with van der Waals surface area (Å²) in [4.78, 5) is 12.7. The van der Waals surface area contributed by atoms with Gasteiger partial charge in [-0.2, -0.15) is 0 Å². The van der Waals surface area contributed by atoms with Crippen molar-refractivity contribution in [2.45, 2.75) is 103 Å². The van der Waals surface area contributed by atoms with E-state index in [1.54, 1.807) is 0 Å². The summed E-state index contributed by atoms with van der Waals surface area (Å²) in [5, 5.41) is 10.4. The van der Waals surface area contributed by atoms with E-state index in [9.17, 15) is 5.11 Å². The van der Waals surface area contributed by atoms with Crippen LogP contribution in [-0.4, -0.2) is 22.4 Å². The van der Waals surface area contributed by atoms with Crippen LogP contribution in [0.4, 0.5) is 0 Å². The molecule has 0 aromatic carbocycles. The first-order valence-corrected chi connectivity index (χ1v) is 12.7. The Morgan fingerprint density at radius 1 is 1.16 bits per heavy atom. The maximum atomic E-state index is 10.4. The molecule has 4 aliphatic carbocycles. The molecule has 172 valence electrons. The topological polar surface area (TPSA) is 38.7 Å². The molecule has 0 amide bonds. The van der Waals surface area contributed by atoms with Gasteiger partial charge in [0.2, 0.25) is 0 Å². The van der Waals surface area contributed by atoms with Crippen LogP contribution >= 0.6 is 0 Å². The van der Waals surface area contributed by atoms with Crippen LogP contribution in [0.15, 0.2) is 36.0 Å². The van der Waals surface area contributed by atoms with Gasteiger partial charge in [-0.05, 0) is 85.8 Å². The standard InChI is InChI=1S/C28H42O3/c1-18(2)19(3)7-8-20(4)22-9-10-23-25(22,5)13-12-24-26(6)14-11-21(29)17-27(26)15-16-28(23,24)31-30-27/h12,15-16,18,20-23,29H,3,7-11,13-14,17H2,1-2,4-6H3/t20-,21+,22-,23+,25-,26-,27-,28+/m1/s1. The van der Waals surface area contributed by atoms with Gasteiger partial charge in [0.1, 0.15) is 11.2 Å². The number of rotatable bonds is 5. The summed E-state index contributed by atoms with van der Waals surface area (Å²) >= 11 is 0. The maximum absolute atomic E-state index is 10.4. The highest BCUT2D eigenvalue weighted by Crippen LogP contribution is 2.71. The Bertz CT molecular complexity index is 826. The van der Waals surface area contributed by atoms with Crippen LogP contribution in [0.5, 0.6) is 0 Å². The smallest absolute Gasteiger partial charge is 0.147 e. The van der Waals surface area contributed by atoms with E-state index in [2.05, 4.69) is 59.4 Å². The average molecular weight is 427 g/mol. The van der Waals surface area contributed by atoms with Crippen LogP contribution < -0.4 is 0 Å². The van der Waals surface area contributed by atoms with Crippen LogP contribution in [0.1, 0.15) is 86.0 Å². The molecule has 3 nitrogen and oxygen atoms in total. The summed E-state index contributed by atoms with van der Waals surface area (Å²) in [5.41, 5.74) is 2.08. The predicted octanol–water partition coefficient (Wildman–Crippen LogP) is 6.54. The average Bonchev–Trinajstić information content (AvgIpc) is 3.09. The number of aliphatic hydroxyl groups is 1. The van der Waals surface area contributed by atoms with Gasteiger partial charge < -0.3 is 5.11 Å². The Hall–Kier alpha value is -0.900. The highest BCUT2D eigenvalue weighted by atomic mass is 17.2. The fourth-order valence-electron chi connectivity index (χ4n) is 8.28. The molecule has 2 aliphatic heterocycles. The third kappa shape index (κ3) is 2.82. The molecule has 1 saturated heterocycles. The zero-order valence-electron chi connectivity index (χ0n) is 20.2. The SMILES string of the molecule is C=C(CC[C@@H](C)[C@H]1CC[C@H]2[C@]1(C)CC=C1[C@]23C=C[C@]2(C[C@@H](O)CC[C@]12C)OO3)C(C)C. The summed E-state index contributed by atoms with van der Waals surface area (Å²) in [6.45, 7) is 16.2. The molecule has 2 saturated carbocycles. The van der Waals surface area contributed by atoms with Gasteiger partial charge in [0, 0.05) is 17.8 Å². The van der Waals surface area contributed by atoms with Gasteiger partial charge in [-0.15, -0.1) is 0 Å². The third-order valence-corrected chi connectivity index (χ3v) is 10.5. The van der Waals surface area contributed by atoms with Crippen molar-refractivity contribution in [3.8, 4) is 0 Å². The van der Waals surface area contributed by atoms with Gasteiger partial charge in [-0.1, -0.05) is 52.8 Å². The van der Waals surface area contributed by atoms with Crippen LogP contribution in [0, 0.1) is 34.5 Å². The van der Waals surface area contributed by atoms with E-state index >= 15 is 0 Å². The van der Waals surface area contributed by atoms with E-state index in [1.807, 2.05) is 0 Å². The molecule has 3 fully saturated rings. The lowest BCUT2D eigenvalue weighted by Crippen LogP contribution is -2.69. The lowest BCUT2D eigenvalue weighted by Gasteiger charge is -2.66. The minimum atomic E-state index is -0.505. The van der Waals surface area contributed by atoms with Gasteiger partial charge in [0.15, 0.2) is 0 Å². The van der Waals surface area contributed by atoms with Crippen molar-refractivity contribution in [3.63, 3.8) is 0 Å². The Kier molecular flexibility index (Phi) is 4.98. The van der Waals surface area contributed by atoms with Crippen molar-refractivity contribution in [2.24, 2.45) is 34.5 Å². The summed E-state index contributed by atoms with van der Waals surface area (Å²) in [6.07, 6.45) is 15.3. The van der Waals surface area contributed by atoms with Crippen LogP contribution in [-0.2, 0) is 9.78 Å². The third-order valence-electron chi connectivity index (χ3n) is 10.5. The van der Waals surface area contributed by atoms with Gasteiger partial charge in [0.05, 0.1) is 6.10 Å². The molecule has 31 heavy (non-hydrogen) atoms. The number of hydrogen-bond donors (Lipinski definition) is 1. The second-order valence-corrected chi connectivity index (χ2v) is 12.3. The number of hydrogen-bond acceptors (Lipinski definition) is 3. The van der Waals surface area contributed by atoms with E-state index in [0.29, 0.717) is 30.1 Å². The molecule has 3 heteroatoms. The largest absolute Gasteiger partial charge is 0.393 e. The van der Waals surface area contributed by atoms with Crippen molar-refractivity contribution in [1.29, 1.82) is 0 Å². The summed E-state index contributed by atoms with van der Waals surface area (Å²) < 4.78 is 0. The molecule has 0 radical (unpaired) electrons. The molecule has 0 aromatic rings. The van der Waals surface area contributed by atoms with Gasteiger partial charge in [-0.25, -0.2) is 9.78 Å². The Morgan fingerprint density at radius 3 is 2.61 bits per heavy atom. The number of fused-ring (bicyclic) bond motifs is 2. The summed E-state index contributed by atoms with van der Waals surface area (Å²) in [7, 11) is 0. The molecular formula is C28H42O3. The Labute approximate surface area is 188 Å². The summed E-state index contributed by atoms with van der Waals surface area (Å²) in [5.74, 6) is 2.43. The second-order valence-electron chi connectivity index (χ2n) is 12.3. The zero-order valence-corrected chi connectivity index (χ0v) is 20.2. The van der Waals surface area contributed by atoms with Crippen LogP contribution in [0.25, 0.3) is 0 Å². The van der Waals surface area contributed by atoms with Crippen molar-refractivity contribution in [1.82, 2.24) is 0 Å². The first kappa shape index (κ1) is 21.9. The monoisotopic (exact) mass is 426 g/mol. The summed E-state index contributed by atoms with van der Waals surface area (Å²) in [6, 6.07) is 0. The lowest BCUT2D eigenvalue weighted by molar-refractivity contribution is -0.455. The molecule has 1 N–H and O–H groups in total. The minimum Gasteiger partial charge on any atom is -0.393 e. The highest BCUT2D eigenvalue weighted by Gasteiger charge is 2.71. The molecular weight excluding hydrogens is 384 g/mol. The van der Waals surface area contributed by atoms with E-state index in [-0.39, 0.29) is 16.9 Å². The molecule has 2 heterocycles. The molecule has 6 aliphatic rings. The van der Waals surface area contributed by atoms with E-state index in [4.69, 9.17) is 9.78 Å². The zero-order chi connectivity index (χ0) is 22.2. The van der Waals surface area contributed by atoms with Gasteiger partial charge >= 0.3 is 0 Å². The number of aliphatic hydroxyl groups excluding tert-OH is 1. The second kappa shape index (κ2) is 7.05. The highest BCUT2D eigenvalue weighted by molar-refractivity contribution is 5.48. The minimum absolute atomic E-state index is 0.0702. The first-order chi connectivity index (χ1) is 14.6. The molecule has 0 aromatic heterocycles. The van der Waals surface area contributed by atoms with Gasteiger partial charge in [0.25, 0.3) is 0 Å². The molecule has 8 atom stereocenters. The van der Waals surface area contributed by atoms with E-state index in [1.165, 1.54) is 30.4 Å². The maximum Gasteiger partial charge on any atom is 0.147 e. The van der Waals surface area contributed by atoms with Gasteiger partial charge in [-0.3, -0.25) is 0 Å². The fraction of sp³-hybridized carbons (Fsp3) is 0.786. The molecule has 0 unspecified atom stereocenters. The van der Waals surface area contributed by atoms with Crippen molar-refractivity contribution < 1.29 is 14.9 Å². The first-order valence-electron chi connectivity index (χ1n) is 12.7. The van der Waals surface area contributed by atoms with Crippen LogP contribution in [0.2, 0.25) is 0 Å². The predicted molar refractivity (Wildman–Crippen MR) is 124 cm³/mol. The van der Waals surface area contributed by atoms with E-state index in [0.717, 1.165) is 25.7 Å².